The second-order valence-electron chi connectivity index (χ2n) is 10.0. The van der Waals surface area contributed by atoms with Gasteiger partial charge in [0.2, 0.25) is 11.8 Å². The van der Waals surface area contributed by atoms with Gasteiger partial charge in [0.05, 0.1) is 23.9 Å². The molecule has 0 radical (unpaired) electrons. The van der Waals surface area contributed by atoms with Crippen molar-refractivity contribution in [1.29, 1.82) is 0 Å². The number of nitrogens with zero attached hydrogens (tertiary/aromatic N) is 4. The van der Waals surface area contributed by atoms with Crippen molar-refractivity contribution in [2.24, 2.45) is 0 Å². The quantitative estimate of drug-likeness (QED) is 0.260. The molecule has 3 aromatic carbocycles. The molecule has 218 valence electrons. The second kappa shape index (κ2) is 12.8. The van der Waals surface area contributed by atoms with Crippen LogP contribution in [0.4, 0.5) is 5.69 Å². The number of phenols is 1. The Hall–Kier alpha value is -4.77. The second-order valence-corrected chi connectivity index (χ2v) is 10.0. The van der Waals surface area contributed by atoms with E-state index < -0.39 is 17.9 Å². The van der Waals surface area contributed by atoms with E-state index in [0.29, 0.717) is 23.2 Å². The monoisotopic (exact) mass is 571 g/mol. The van der Waals surface area contributed by atoms with E-state index in [2.05, 4.69) is 15.6 Å². The zero-order chi connectivity index (χ0) is 29.6. The molecule has 0 saturated carbocycles. The Labute approximate surface area is 243 Å². The van der Waals surface area contributed by atoms with E-state index in [9.17, 15) is 19.5 Å². The van der Waals surface area contributed by atoms with Gasteiger partial charge in [-0.15, -0.1) is 5.10 Å². The van der Waals surface area contributed by atoms with Crippen molar-refractivity contribution in [2.45, 2.75) is 45.4 Å². The number of anilines is 1. The van der Waals surface area contributed by atoms with Crippen LogP contribution in [0.25, 0.3) is 11.0 Å². The highest BCUT2D eigenvalue weighted by molar-refractivity contribution is 6.08. The Morgan fingerprint density at radius 2 is 1.93 bits per heavy atom. The first-order chi connectivity index (χ1) is 20.4. The summed E-state index contributed by atoms with van der Waals surface area (Å²) in [4.78, 5) is 42.5. The molecule has 1 aliphatic rings. The molecule has 2 N–H and O–H groups in total. The molecule has 11 heteroatoms. The Kier molecular flexibility index (Phi) is 8.77. The van der Waals surface area contributed by atoms with Gasteiger partial charge in [-0.25, -0.2) is 4.68 Å². The average Bonchev–Trinajstić information content (AvgIpc) is 3.66. The summed E-state index contributed by atoms with van der Waals surface area (Å²) in [6, 6.07) is 17.2. The van der Waals surface area contributed by atoms with Crippen LogP contribution in [0.2, 0.25) is 0 Å². The Balaban J connectivity index is 1.62. The predicted molar refractivity (Wildman–Crippen MR) is 155 cm³/mol. The number of carbonyl (C=O) groups excluding carboxylic acids is 3. The number of hydrogen-bond donors (Lipinski definition) is 2. The van der Waals surface area contributed by atoms with Crippen molar-refractivity contribution in [3.05, 3.63) is 77.9 Å². The number of para-hydroxylation sites is 2. The largest absolute Gasteiger partial charge is 0.504 e. The molecule has 2 heterocycles. The lowest BCUT2D eigenvalue weighted by Gasteiger charge is -2.33. The average molecular weight is 572 g/mol. The van der Waals surface area contributed by atoms with Gasteiger partial charge in [0.1, 0.15) is 18.1 Å². The Morgan fingerprint density at radius 1 is 1.14 bits per heavy atom. The molecular weight excluding hydrogens is 538 g/mol. The minimum Gasteiger partial charge on any atom is -0.504 e. The molecule has 0 aliphatic carbocycles. The first-order valence-corrected chi connectivity index (χ1v) is 13.9. The predicted octanol–water partition coefficient (Wildman–Crippen LogP) is 3.81. The van der Waals surface area contributed by atoms with E-state index in [0.717, 1.165) is 12.8 Å². The van der Waals surface area contributed by atoms with Crippen LogP contribution >= 0.6 is 0 Å². The van der Waals surface area contributed by atoms with Gasteiger partial charge in [0.25, 0.3) is 0 Å². The van der Waals surface area contributed by atoms with Crippen molar-refractivity contribution in [3.63, 3.8) is 0 Å². The number of aromatic nitrogens is 3. The van der Waals surface area contributed by atoms with Gasteiger partial charge in [-0.2, -0.15) is 0 Å². The van der Waals surface area contributed by atoms with E-state index in [-0.39, 0.29) is 54.3 Å². The normalized spacial score (nSPS) is 15.3. The highest BCUT2D eigenvalue weighted by Gasteiger charge is 2.36. The number of ketones is 1. The van der Waals surface area contributed by atoms with E-state index in [1.54, 1.807) is 49.4 Å². The molecule has 5 rings (SSSR count). The topological polar surface area (TPSA) is 136 Å². The van der Waals surface area contributed by atoms with Gasteiger partial charge < -0.3 is 19.9 Å². The molecule has 4 aromatic rings. The molecule has 0 bridgehead atoms. The summed E-state index contributed by atoms with van der Waals surface area (Å²) in [5.74, 6) is -1.18. The lowest BCUT2D eigenvalue weighted by molar-refractivity contribution is -0.127. The maximum Gasteiger partial charge on any atom is 0.249 e. The number of ether oxygens (including phenoxy) is 2. The molecule has 1 saturated heterocycles. The molecule has 2 amide bonds. The molecule has 2 atom stereocenters. The number of nitrogens with one attached hydrogen (secondary N) is 1. The lowest BCUT2D eigenvalue weighted by atomic mass is 9.99. The van der Waals surface area contributed by atoms with Gasteiger partial charge in [-0.1, -0.05) is 35.5 Å². The fraction of sp³-hybridized carbons (Fsp3) is 0.323. The van der Waals surface area contributed by atoms with E-state index >= 15 is 0 Å². The number of benzene rings is 3. The molecule has 1 aromatic heterocycles. The van der Waals surface area contributed by atoms with Crippen LogP contribution in [0, 0.1) is 0 Å². The molecular formula is C31H33N5O6. The van der Waals surface area contributed by atoms with Crippen LogP contribution in [0.5, 0.6) is 11.5 Å². The SMILES string of the molecule is CCOc1cc([C@H](C(=O)NC[C@H]2CCCO2)N(C(=O)Cn2nnc3ccccc32)c2ccccc2C(C)=O)ccc1O. The van der Waals surface area contributed by atoms with E-state index in [4.69, 9.17) is 9.47 Å². The number of carbonyl (C=O) groups is 3. The third-order valence-electron chi connectivity index (χ3n) is 7.15. The van der Waals surface area contributed by atoms with Crippen molar-refractivity contribution in [2.75, 3.05) is 24.7 Å². The fourth-order valence-electron chi connectivity index (χ4n) is 5.14. The van der Waals surface area contributed by atoms with Crippen LogP contribution in [0.15, 0.2) is 66.7 Å². The highest BCUT2D eigenvalue weighted by Crippen LogP contribution is 2.36. The summed E-state index contributed by atoms with van der Waals surface area (Å²) in [5, 5.41) is 21.7. The Morgan fingerprint density at radius 3 is 2.69 bits per heavy atom. The highest BCUT2D eigenvalue weighted by atomic mass is 16.5. The molecule has 0 spiro atoms. The number of fused-ring (bicyclic) bond motifs is 1. The lowest BCUT2D eigenvalue weighted by Crippen LogP contribution is -2.47. The minimum absolute atomic E-state index is 0.102. The summed E-state index contributed by atoms with van der Waals surface area (Å²) < 4.78 is 12.8. The number of phenolic OH excluding ortho intramolecular Hbond substituents is 1. The van der Waals surface area contributed by atoms with Gasteiger partial charge in [0.15, 0.2) is 17.3 Å². The van der Waals surface area contributed by atoms with Gasteiger partial charge in [-0.05, 0) is 68.7 Å². The zero-order valence-corrected chi connectivity index (χ0v) is 23.5. The third kappa shape index (κ3) is 6.10. The molecule has 1 aliphatic heterocycles. The fourth-order valence-corrected chi connectivity index (χ4v) is 5.14. The number of amides is 2. The van der Waals surface area contributed by atoms with Gasteiger partial charge >= 0.3 is 0 Å². The molecule has 11 nitrogen and oxygen atoms in total. The summed E-state index contributed by atoms with van der Waals surface area (Å²) in [5.41, 5.74) is 2.19. The minimum atomic E-state index is -1.23. The zero-order valence-electron chi connectivity index (χ0n) is 23.5. The van der Waals surface area contributed by atoms with E-state index in [1.807, 2.05) is 12.1 Å². The molecule has 42 heavy (non-hydrogen) atoms. The number of Topliss-reactive ketones (excluding diaryl/α,β-unsaturated/α-hetero) is 1. The summed E-state index contributed by atoms with van der Waals surface area (Å²) in [6.45, 7) is 4.10. The summed E-state index contributed by atoms with van der Waals surface area (Å²) in [6.07, 6.45) is 1.58. The van der Waals surface area contributed by atoms with Crippen molar-refractivity contribution >= 4 is 34.3 Å². The van der Waals surface area contributed by atoms with Crippen molar-refractivity contribution < 1.29 is 29.0 Å². The van der Waals surface area contributed by atoms with Crippen LogP contribution < -0.4 is 15.0 Å². The molecule has 0 unspecified atom stereocenters. The van der Waals surface area contributed by atoms with Crippen LogP contribution in [-0.2, 0) is 20.9 Å². The smallest absolute Gasteiger partial charge is 0.249 e. The first kappa shape index (κ1) is 28.7. The van der Waals surface area contributed by atoms with Crippen LogP contribution in [0.1, 0.15) is 48.7 Å². The Bertz CT molecular complexity index is 1600. The number of hydrogen-bond acceptors (Lipinski definition) is 8. The van der Waals surface area contributed by atoms with E-state index in [1.165, 1.54) is 28.6 Å². The maximum atomic E-state index is 14.3. The van der Waals surface area contributed by atoms with Crippen LogP contribution in [0.3, 0.4) is 0 Å². The number of rotatable bonds is 11. The van der Waals surface area contributed by atoms with Gasteiger partial charge in [0, 0.05) is 18.7 Å². The van der Waals surface area contributed by atoms with Crippen LogP contribution in [-0.4, -0.2) is 63.6 Å². The summed E-state index contributed by atoms with van der Waals surface area (Å²) in [7, 11) is 0. The van der Waals surface area contributed by atoms with Gasteiger partial charge in [-0.3, -0.25) is 19.3 Å². The molecule has 1 fully saturated rings. The standard InChI is InChI=1S/C31H33N5O6/c1-3-41-28-17-21(14-15-27(28)38)30(31(40)32-18-22-9-8-16-42-22)36(25-12-6-4-10-23(25)20(2)37)29(39)19-35-26-13-7-5-11-24(26)33-34-35/h4-7,10-15,17,22,30,38H,3,8-9,16,18-19H2,1-2H3,(H,32,40)/t22-,30-/m1/s1. The van der Waals surface area contributed by atoms with Crippen molar-refractivity contribution in [1.82, 2.24) is 20.3 Å². The third-order valence-corrected chi connectivity index (χ3v) is 7.15. The first-order valence-electron chi connectivity index (χ1n) is 13.9. The van der Waals surface area contributed by atoms with Crippen molar-refractivity contribution in [3.8, 4) is 11.5 Å². The maximum absolute atomic E-state index is 14.3. The summed E-state index contributed by atoms with van der Waals surface area (Å²) >= 11 is 0. The number of aromatic hydroxyl groups is 1.